The van der Waals surface area contributed by atoms with Crippen LogP contribution in [-0.4, -0.2) is 32.4 Å². The van der Waals surface area contributed by atoms with Crippen LogP contribution in [0.4, 0.5) is 13.2 Å². The molecule has 156 valence electrons. The maximum atomic E-state index is 12.9. The molecule has 0 aromatic heterocycles. The summed E-state index contributed by atoms with van der Waals surface area (Å²) in [6, 6.07) is 13.8. The van der Waals surface area contributed by atoms with Gasteiger partial charge in [-0.15, -0.1) is 0 Å². The van der Waals surface area contributed by atoms with E-state index in [2.05, 4.69) is 21.8 Å². The third kappa shape index (κ3) is 4.49. The van der Waals surface area contributed by atoms with Crippen LogP contribution >= 0.6 is 0 Å². The lowest BCUT2D eigenvalue weighted by Gasteiger charge is -2.22. The molecule has 1 N–H and O–H groups in total. The normalized spacial score (nSPS) is 25.3. The molecule has 1 aliphatic heterocycles. The summed E-state index contributed by atoms with van der Waals surface area (Å²) in [6.07, 6.45) is -2.94. The molecule has 1 aliphatic carbocycles. The molecule has 2 aromatic rings. The molecule has 0 unspecified atom stereocenters. The summed E-state index contributed by atoms with van der Waals surface area (Å²) in [6.45, 7) is 2.53. The molecule has 0 amide bonds. The fourth-order valence-electron chi connectivity index (χ4n) is 4.58. The zero-order chi connectivity index (χ0) is 20.6. The predicted molar refractivity (Wildman–Crippen MR) is 103 cm³/mol. The van der Waals surface area contributed by atoms with Crippen molar-refractivity contribution >= 4 is 10.0 Å². The summed E-state index contributed by atoms with van der Waals surface area (Å²) in [4.78, 5) is 1.99. The van der Waals surface area contributed by atoms with Gasteiger partial charge in [0.2, 0.25) is 10.0 Å². The van der Waals surface area contributed by atoms with Crippen LogP contribution in [0, 0.1) is 11.8 Å². The van der Waals surface area contributed by atoms with Gasteiger partial charge in [0, 0.05) is 25.7 Å². The molecule has 2 fully saturated rings. The molecule has 2 aliphatic rings. The second-order valence-corrected chi connectivity index (χ2v) is 9.65. The van der Waals surface area contributed by atoms with Crippen LogP contribution in [0.25, 0.3) is 0 Å². The minimum atomic E-state index is -4.58. The van der Waals surface area contributed by atoms with Crippen molar-refractivity contribution in [2.24, 2.45) is 11.8 Å². The summed E-state index contributed by atoms with van der Waals surface area (Å²) in [5.74, 6) is 0.590. The minimum absolute atomic E-state index is 0.180. The number of nitrogens with zero attached hydrogens (tertiary/aromatic N) is 1. The molecule has 29 heavy (non-hydrogen) atoms. The van der Waals surface area contributed by atoms with Crippen molar-refractivity contribution in [3.8, 4) is 0 Å². The zero-order valence-corrected chi connectivity index (χ0v) is 16.6. The molecule has 1 heterocycles. The molecule has 1 saturated carbocycles. The number of alkyl halides is 3. The van der Waals surface area contributed by atoms with Gasteiger partial charge in [0.15, 0.2) is 0 Å². The van der Waals surface area contributed by atoms with Crippen molar-refractivity contribution in [2.75, 3.05) is 13.1 Å². The quantitative estimate of drug-likeness (QED) is 0.792. The van der Waals surface area contributed by atoms with Gasteiger partial charge in [-0.1, -0.05) is 36.4 Å². The zero-order valence-electron chi connectivity index (χ0n) is 15.8. The van der Waals surface area contributed by atoms with Gasteiger partial charge >= 0.3 is 6.18 Å². The Morgan fingerprint density at radius 2 is 1.76 bits per heavy atom. The number of benzene rings is 2. The molecular weight excluding hydrogens is 401 g/mol. The molecule has 0 radical (unpaired) electrons. The van der Waals surface area contributed by atoms with Crippen LogP contribution < -0.4 is 4.72 Å². The molecule has 1 saturated heterocycles. The number of likely N-dealkylation sites (tertiary alicyclic amines) is 1. The van der Waals surface area contributed by atoms with Crippen molar-refractivity contribution in [3.63, 3.8) is 0 Å². The van der Waals surface area contributed by atoms with Crippen molar-refractivity contribution in [3.05, 3.63) is 65.7 Å². The van der Waals surface area contributed by atoms with Crippen molar-refractivity contribution in [1.82, 2.24) is 9.62 Å². The van der Waals surface area contributed by atoms with Gasteiger partial charge in [0.05, 0.1) is 10.5 Å². The predicted octanol–water partition coefficient (Wildman–Crippen LogP) is 3.89. The molecule has 2 aromatic carbocycles. The van der Waals surface area contributed by atoms with Gasteiger partial charge < -0.3 is 0 Å². The fourth-order valence-corrected chi connectivity index (χ4v) is 5.95. The van der Waals surface area contributed by atoms with Crippen LogP contribution in [0.1, 0.15) is 24.0 Å². The van der Waals surface area contributed by atoms with E-state index in [0.717, 1.165) is 38.2 Å². The third-order valence-corrected chi connectivity index (χ3v) is 7.45. The number of fused-ring (bicyclic) bond motifs is 1. The highest BCUT2D eigenvalue weighted by atomic mass is 32.2. The first-order chi connectivity index (χ1) is 13.7. The van der Waals surface area contributed by atoms with Gasteiger partial charge in [-0.05, 0) is 48.4 Å². The van der Waals surface area contributed by atoms with Crippen LogP contribution in [0.3, 0.4) is 0 Å². The summed E-state index contributed by atoms with van der Waals surface area (Å²) in [5, 5.41) is 0. The second-order valence-electron chi connectivity index (χ2n) is 7.93. The van der Waals surface area contributed by atoms with Crippen LogP contribution in [-0.2, 0) is 22.7 Å². The van der Waals surface area contributed by atoms with E-state index in [1.807, 2.05) is 18.2 Å². The fraction of sp³-hybridized carbons (Fsp3) is 0.429. The molecule has 3 atom stereocenters. The molecular formula is C21H23F3N2O2S. The maximum absolute atomic E-state index is 12.9. The van der Waals surface area contributed by atoms with E-state index < -0.39 is 21.8 Å². The third-order valence-electron chi connectivity index (χ3n) is 5.96. The van der Waals surface area contributed by atoms with Crippen molar-refractivity contribution in [2.45, 2.75) is 36.5 Å². The molecule has 0 bridgehead atoms. The van der Waals surface area contributed by atoms with Crippen molar-refractivity contribution in [1.29, 1.82) is 0 Å². The average molecular weight is 424 g/mol. The van der Waals surface area contributed by atoms with Crippen LogP contribution in [0.2, 0.25) is 0 Å². The summed E-state index contributed by atoms with van der Waals surface area (Å²) in [7, 11) is -4.01. The van der Waals surface area contributed by atoms with E-state index in [9.17, 15) is 21.6 Å². The molecule has 4 rings (SSSR count). The van der Waals surface area contributed by atoms with Gasteiger partial charge in [-0.2, -0.15) is 13.2 Å². The lowest BCUT2D eigenvalue weighted by atomic mass is 9.98. The first-order valence-corrected chi connectivity index (χ1v) is 11.2. The first-order valence-electron chi connectivity index (χ1n) is 9.68. The smallest absolute Gasteiger partial charge is 0.298 e. The maximum Gasteiger partial charge on any atom is 0.416 e. The standard InChI is InChI=1S/C21H23F3N2O2S/c22-21(23,24)17-7-4-8-18(11-17)29(27,28)25-20-10-9-16-13-26(14-19(16)20)12-15-5-2-1-3-6-15/h1-8,11,16,19-20,25H,9-10,12-14H2/t16-,19+,20-/m0/s1. The number of hydrogen-bond acceptors (Lipinski definition) is 3. The Labute approximate surface area is 168 Å². The Morgan fingerprint density at radius 1 is 1.00 bits per heavy atom. The van der Waals surface area contributed by atoms with E-state index in [0.29, 0.717) is 18.4 Å². The van der Waals surface area contributed by atoms with Gasteiger partial charge in [-0.3, -0.25) is 4.90 Å². The Balaban J connectivity index is 1.45. The Morgan fingerprint density at radius 3 is 2.48 bits per heavy atom. The second kappa shape index (κ2) is 7.74. The van der Waals surface area contributed by atoms with E-state index in [4.69, 9.17) is 0 Å². The Kier molecular flexibility index (Phi) is 5.44. The Hall–Kier alpha value is -1.90. The topological polar surface area (TPSA) is 49.4 Å². The van der Waals surface area contributed by atoms with E-state index in [1.165, 1.54) is 11.6 Å². The lowest BCUT2D eigenvalue weighted by Crippen LogP contribution is -2.39. The highest BCUT2D eigenvalue weighted by Gasteiger charge is 2.44. The highest BCUT2D eigenvalue weighted by molar-refractivity contribution is 7.89. The SMILES string of the molecule is O=S(=O)(N[C@H]1CC[C@H]2CN(Cc3ccccc3)C[C@H]21)c1cccc(C(F)(F)F)c1. The Bertz CT molecular complexity index is 963. The van der Waals surface area contributed by atoms with E-state index in [-0.39, 0.29) is 16.9 Å². The number of rotatable bonds is 5. The number of nitrogens with one attached hydrogen (secondary N) is 1. The van der Waals surface area contributed by atoms with Crippen molar-refractivity contribution < 1.29 is 21.6 Å². The summed E-state index contributed by atoms with van der Waals surface area (Å²) < 4.78 is 67.0. The molecule has 0 spiro atoms. The van der Waals surface area contributed by atoms with Crippen LogP contribution in [0.5, 0.6) is 0 Å². The average Bonchev–Trinajstić information content (AvgIpc) is 3.23. The first kappa shape index (κ1) is 20.4. The monoisotopic (exact) mass is 424 g/mol. The molecule has 8 heteroatoms. The lowest BCUT2D eigenvalue weighted by molar-refractivity contribution is -0.137. The highest BCUT2D eigenvalue weighted by Crippen LogP contribution is 2.39. The summed E-state index contributed by atoms with van der Waals surface area (Å²) >= 11 is 0. The van der Waals surface area contributed by atoms with Crippen LogP contribution in [0.15, 0.2) is 59.5 Å². The van der Waals surface area contributed by atoms with E-state index >= 15 is 0 Å². The molecule has 4 nitrogen and oxygen atoms in total. The number of halogens is 3. The summed E-state index contributed by atoms with van der Waals surface area (Å²) in [5.41, 5.74) is 0.258. The van der Waals surface area contributed by atoms with Gasteiger partial charge in [0.25, 0.3) is 0 Å². The number of sulfonamides is 1. The van der Waals surface area contributed by atoms with Gasteiger partial charge in [-0.25, -0.2) is 13.1 Å². The minimum Gasteiger partial charge on any atom is -0.298 e. The van der Waals surface area contributed by atoms with E-state index in [1.54, 1.807) is 0 Å². The largest absolute Gasteiger partial charge is 0.416 e. The number of hydrogen-bond donors (Lipinski definition) is 1. The van der Waals surface area contributed by atoms with Gasteiger partial charge in [0.1, 0.15) is 0 Å².